The summed E-state index contributed by atoms with van der Waals surface area (Å²) in [6, 6.07) is 5.41. The normalized spacial score (nSPS) is 11.0. The molecule has 0 aliphatic heterocycles. The number of halogens is 1. The van der Waals surface area contributed by atoms with Crippen molar-refractivity contribution < 1.29 is 13.9 Å². The lowest BCUT2D eigenvalue weighted by molar-refractivity contribution is 0.241. The Kier molecular flexibility index (Phi) is 2.62. The second-order valence-corrected chi connectivity index (χ2v) is 3.85. The van der Waals surface area contributed by atoms with Gasteiger partial charge in [-0.3, -0.25) is 5.32 Å². The van der Waals surface area contributed by atoms with E-state index < -0.39 is 0 Å². The average Bonchev–Trinajstić information content (AvgIpc) is 2.95. The molecule has 1 aromatic carbocycles. The zero-order chi connectivity index (χ0) is 12.5. The summed E-state index contributed by atoms with van der Waals surface area (Å²) in [5, 5.41) is 19.3. The molecule has 0 aliphatic rings. The third-order valence-electron chi connectivity index (χ3n) is 2.17. The topological polar surface area (TPSA) is 97.2 Å². The number of oxazole rings is 1. The fourth-order valence-corrected chi connectivity index (χ4v) is 1.57. The summed E-state index contributed by atoms with van der Waals surface area (Å²) in [6.45, 7) is -0.322. The molecule has 0 unspecified atom stereocenters. The van der Waals surface area contributed by atoms with E-state index in [1.54, 1.807) is 18.2 Å². The quantitative estimate of drug-likeness (QED) is 0.749. The molecule has 2 heterocycles. The van der Waals surface area contributed by atoms with Crippen LogP contribution >= 0.6 is 11.6 Å². The van der Waals surface area contributed by atoms with Gasteiger partial charge in [0.1, 0.15) is 12.1 Å². The van der Waals surface area contributed by atoms with Crippen LogP contribution in [0.2, 0.25) is 5.02 Å². The molecular formula is C10H7ClN4O3. The average molecular weight is 267 g/mol. The van der Waals surface area contributed by atoms with Crippen LogP contribution < -0.4 is 5.32 Å². The van der Waals surface area contributed by atoms with Gasteiger partial charge < -0.3 is 13.9 Å². The predicted octanol–water partition coefficient (Wildman–Crippen LogP) is 2.10. The Morgan fingerprint density at radius 2 is 2.11 bits per heavy atom. The van der Waals surface area contributed by atoms with E-state index in [0.717, 1.165) is 0 Å². The van der Waals surface area contributed by atoms with Crippen LogP contribution in [0.5, 0.6) is 0 Å². The van der Waals surface area contributed by atoms with Gasteiger partial charge in [0.2, 0.25) is 5.89 Å². The Balaban J connectivity index is 1.90. The molecule has 0 aliphatic carbocycles. The minimum Gasteiger partial charge on any atom is -0.423 e. The molecule has 0 bridgehead atoms. The highest BCUT2D eigenvalue weighted by Crippen LogP contribution is 2.24. The largest absolute Gasteiger partial charge is 0.423 e. The first-order chi connectivity index (χ1) is 8.74. The van der Waals surface area contributed by atoms with Gasteiger partial charge in [0.25, 0.3) is 0 Å². The van der Waals surface area contributed by atoms with E-state index in [1.807, 2.05) is 0 Å². The summed E-state index contributed by atoms with van der Waals surface area (Å²) in [4.78, 5) is 4.16. The van der Waals surface area contributed by atoms with E-state index in [-0.39, 0.29) is 24.5 Å². The molecule has 92 valence electrons. The molecule has 2 N–H and O–H groups in total. The van der Waals surface area contributed by atoms with Crippen LogP contribution in [0.4, 0.5) is 12.0 Å². The molecule has 0 amide bonds. The van der Waals surface area contributed by atoms with Gasteiger partial charge >= 0.3 is 12.0 Å². The molecule has 2 aromatic heterocycles. The molecule has 0 fully saturated rings. The number of aliphatic hydroxyl groups is 1. The van der Waals surface area contributed by atoms with Gasteiger partial charge in [0, 0.05) is 11.1 Å². The fourth-order valence-electron chi connectivity index (χ4n) is 1.41. The van der Waals surface area contributed by atoms with Crippen LogP contribution in [0, 0.1) is 0 Å². The highest BCUT2D eigenvalue weighted by atomic mass is 35.5. The fraction of sp³-hybridized carbons (Fsp3) is 0.100. The molecule has 0 atom stereocenters. The number of benzene rings is 1. The molecule has 8 heteroatoms. The lowest BCUT2D eigenvalue weighted by Crippen LogP contribution is -1.89. The van der Waals surface area contributed by atoms with Crippen LogP contribution in [0.25, 0.3) is 11.1 Å². The number of nitrogens with one attached hydrogen (secondary N) is 1. The summed E-state index contributed by atoms with van der Waals surface area (Å²) in [7, 11) is 0. The van der Waals surface area contributed by atoms with Crippen molar-refractivity contribution in [1.82, 2.24) is 15.2 Å². The van der Waals surface area contributed by atoms with Crippen molar-refractivity contribution >= 4 is 34.7 Å². The van der Waals surface area contributed by atoms with Crippen LogP contribution in [-0.2, 0) is 6.61 Å². The molecule has 0 saturated heterocycles. The molecule has 18 heavy (non-hydrogen) atoms. The zero-order valence-electron chi connectivity index (χ0n) is 8.92. The van der Waals surface area contributed by atoms with Crippen LogP contribution in [0.3, 0.4) is 0 Å². The first-order valence-corrected chi connectivity index (χ1v) is 5.39. The van der Waals surface area contributed by atoms with Crippen molar-refractivity contribution in [2.45, 2.75) is 6.61 Å². The maximum atomic E-state index is 8.78. The lowest BCUT2D eigenvalue weighted by atomic mass is 10.3. The predicted molar refractivity (Wildman–Crippen MR) is 62.5 cm³/mol. The minimum atomic E-state index is -0.322. The number of hydrogen-bond acceptors (Lipinski definition) is 7. The monoisotopic (exact) mass is 266 g/mol. The van der Waals surface area contributed by atoms with E-state index in [1.165, 1.54) is 0 Å². The molecule has 0 spiro atoms. The second-order valence-electron chi connectivity index (χ2n) is 3.42. The summed E-state index contributed by atoms with van der Waals surface area (Å²) in [6.07, 6.45) is 0. The number of fused-ring (bicyclic) bond motifs is 1. The smallest absolute Gasteiger partial charge is 0.323 e. The summed E-state index contributed by atoms with van der Waals surface area (Å²) < 4.78 is 10.4. The summed E-state index contributed by atoms with van der Waals surface area (Å²) in [5.41, 5.74) is 1.20. The van der Waals surface area contributed by atoms with Gasteiger partial charge in [0.05, 0.1) is 0 Å². The molecule has 3 rings (SSSR count). The van der Waals surface area contributed by atoms with E-state index in [9.17, 15) is 0 Å². The van der Waals surface area contributed by atoms with Crippen molar-refractivity contribution in [3.8, 4) is 0 Å². The second kappa shape index (κ2) is 4.28. The number of aromatic nitrogens is 3. The summed E-state index contributed by atoms with van der Waals surface area (Å²) >= 11 is 5.83. The molecule has 7 nitrogen and oxygen atoms in total. The zero-order valence-corrected chi connectivity index (χ0v) is 9.68. The maximum Gasteiger partial charge on any atom is 0.323 e. The van der Waals surface area contributed by atoms with Crippen LogP contribution in [0.15, 0.2) is 27.0 Å². The van der Waals surface area contributed by atoms with Crippen molar-refractivity contribution in [3.63, 3.8) is 0 Å². The van der Waals surface area contributed by atoms with E-state index in [0.29, 0.717) is 16.1 Å². The SMILES string of the molecule is OCc1nnc(Nc2nc3ccc(Cl)cc3o2)o1. The number of rotatable bonds is 3. The van der Waals surface area contributed by atoms with Gasteiger partial charge in [0.15, 0.2) is 5.58 Å². The third kappa shape index (κ3) is 2.01. The van der Waals surface area contributed by atoms with Crippen molar-refractivity contribution in [2.75, 3.05) is 5.32 Å². The van der Waals surface area contributed by atoms with Crippen LogP contribution in [0.1, 0.15) is 5.89 Å². The number of aliphatic hydroxyl groups excluding tert-OH is 1. The third-order valence-corrected chi connectivity index (χ3v) is 2.40. The minimum absolute atomic E-state index is 0.0942. The Hall–Kier alpha value is -2.12. The molecule has 0 radical (unpaired) electrons. The van der Waals surface area contributed by atoms with Crippen LogP contribution in [-0.4, -0.2) is 20.3 Å². The highest BCUT2D eigenvalue weighted by Gasteiger charge is 2.10. The first kappa shape index (κ1) is 11.0. The summed E-state index contributed by atoms with van der Waals surface area (Å²) in [5.74, 6) is 0.108. The molecule has 0 saturated carbocycles. The number of nitrogens with zero attached hydrogens (tertiary/aromatic N) is 3. The highest BCUT2D eigenvalue weighted by molar-refractivity contribution is 6.31. The van der Waals surface area contributed by atoms with Gasteiger partial charge in [-0.15, -0.1) is 5.10 Å². The number of anilines is 2. The molecule has 3 aromatic rings. The maximum absolute atomic E-state index is 8.78. The van der Waals surface area contributed by atoms with E-state index in [4.69, 9.17) is 25.5 Å². The van der Waals surface area contributed by atoms with Gasteiger partial charge in [-0.1, -0.05) is 16.7 Å². The Morgan fingerprint density at radius 1 is 1.22 bits per heavy atom. The Bertz CT molecular complexity index is 693. The standard InChI is InChI=1S/C10H7ClN4O3/c11-5-1-2-6-7(3-5)17-9(12-6)13-10-15-14-8(4-16)18-10/h1-3,16H,4H2,(H,12,13,15). The Labute approximate surface area is 105 Å². The van der Waals surface area contributed by atoms with Crippen molar-refractivity contribution in [1.29, 1.82) is 0 Å². The van der Waals surface area contributed by atoms with Crippen molar-refractivity contribution in [3.05, 3.63) is 29.1 Å². The van der Waals surface area contributed by atoms with Gasteiger partial charge in [-0.25, -0.2) is 0 Å². The molecular weight excluding hydrogens is 260 g/mol. The van der Waals surface area contributed by atoms with Gasteiger partial charge in [-0.05, 0) is 12.1 Å². The van der Waals surface area contributed by atoms with Gasteiger partial charge in [-0.2, -0.15) is 4.98 Å². The number of hydrogen-bond donors (Lipinski definition) is 2. The Morgan fingerprint density at radius 3 is 2.89 bits per heavy atom. The lowest BCUT2D eigenvalue weighted by Gasteiger charge is -1.91. The van der Waals surface area contributed by atoms with E-state index >= 15 is 0 Å². The van der Waals surface area contributed by atoms with E-state index in [2.05, 4.69) is 20.5 Å². The van der Waals surface area contributed by atoms with Crippen molar-refractivity contribution in [2.24, 2.45) is 0 Å². The first-order valence-electron chi connectivity index (χ1n) is 5.01.